The number of carbonyl (C=O) groups is 1. The van der Waals surface area contributed by atoms with E-state index in [1.807, 2.05) is 0 Å². The third-order valence-electron chi connectivity index (χ3n) is 3.13. The number of aromatic amines is 2. The van der Waals surface area contributed by atoms with E-state index in [9.17, 15) is 14.4 Å². The average molecular weight is 346 g/mol. The Labute approximate surface area is 142 Å². The lowest BCUT2D eigenvalue weighted by molar-refractivity contribution is 0.0697. The van der Waals surface area contributed by atoms with Crippen molar-refractivity contribution < 1.29 is 14.7 Å². The van der Waals surface area contributed by atoms with Crippen LogP contribution in [0.4, 0.5) is 0 Å². The fraction of sp³-hybridized carbons (Fsp3) is 0.250. The number of rotatable bonds is 9. The van der Waals surface area contributed by atoms with E-state index >= 15 is 0 Å². The van der Waals surface area contributed by atoms with Gasteiger partial charge in [-0.15, -0.1) is 0 Å². The second-order valence-electron chi connectivity index (χ2n) is 5.14. The number of aromatic carboxylic acids is 1. The van der Waals surface area contributed by atoms with Crippen LogP contribution < -0.4 is 16.6 Å². The van der Waals surface area contributed by atoms with Crippen molar-refractivity contribution in [3.63, 3.8) is 0 Å². The van der Waals surface area contributed by atoms with Gasteiger partial charge < -0.3 is 20.2 Å². The number of hydrogen-bond acceptors (Lipinski definition) is 6. The molecule has 0 aliphatic carbocycles. The topological polar surface area (TPSA) is 137 Å². The number of carboxylic acids is 1. The highest BCUT2D eigenvalue weighted by molar-refractivity contribution is 5.90. The summed E-state index contributed by atoms with van der Waals surface area (Å²) in [6, 6.07) is 7.68. The van der Waals surface area contributed by atoms with Crippen LogP contribution in [0.2, 0.25) is 0 Å². The molecule has 25 heavy (non-hydrogen) atoms. The predicted molar refractivity (Wildman–Crippen MR) is 91.0 cm³/mol. The quantitative estimate of drug-likeness (QED) is 0.293. The van der Waals surface area contributed by atoms with Gasteiger partial charge in [0.25, 0.3) is 5.56 Å². The number of aromatic nitrogens is 2. The lowest BCUT2D eigenvalue weighted by Crippen LogP contribution is -2.26. The van der Waals surface area contributed by atoms with E-state index in [1.54, 1.807) is 12.1 Å². The summed E-state index contributed by atoms with van der Waals surface area (Å²) in [6.07, 6.45) is 2.11. The molecule has 1 heterocycles. The van der Waals surface area contributed by atoms with E-state index in [2.05, 4.69) is 20.4 Å². The van der Waals surface area contributed by atoms with Gasteiger partial charge in [0.05, 0.1) is 11.8 Å². The van der Waals surface area contributed by atoms with Crippen molar-refractivity contribution in [2.75, 3.05) is 13.2 Å². The van der Waals surface area contributed by atoms with Crippen LogP contribution in [0.15, 0.2) is 45.1 Å². The monoisotopic (exact) mass is 346 g/mol. The van der Waals surface area contributed by atoms with Gasteiger partial charge in [-0.25, -0.2) is 9.59 Å². The van der Waals surface area contributed by atoms with Crippen LogP contribution in [0, 0.1) is 0 Å². The van der Waals surface area contributed by atoms with E-state index in [1.165, 1.54) is 24.4 Å². The molecule has 2 rings (SSSR count). The highest BCUT2D eigenvalue weighted by atomic mass is 16.6. The van der Waals surface area contributed by atoms with Crippen LogP contribution >= 0.6 is 0 Å². The zero-order valence-corrected chi connectivity index (χ0v) is 13.3. The first kappa shape index (κ1) is 18.1. The highest BCUT2D eigenvalue weighted by Gasteiger charge is 2.01. The molecule has 0 bridgehead atoms. The zero-order chi connectivity index (χ0) is 18.1. The van der Waals surface area contributed by atoms with E-state index < -0.39 is 17.2 Å². The van der Waals surface area contributed by atoms with Crippen LogP contribution in [-0.2, 0) is 11.4 Å². The van der Waals surface area contributed by atoms with Gasteiger partial charge in [-0.1, -0.05) is 17.3 Å². The minimum absolute atomic E-state index is 0.186. The van der Waals surface area contributed by atoms with Crippen molar-refractivity contribution in [1.29, 1.82) is 0 Å². The molecule has 9 heteroatoms. The molecular weight excluding hydrogens is 328 g/mol. The van der Waals surface area contributed by atoms with Crippen molar-refractivity contribution in [2.45, 2.75) is 13.0 Å². The zero-order valence-electron chi connectivity index (χ0n) is 13.3. The number of nitrogens with one attached hydrogen (secondary N) is 3. The predicted octanol–water partition coefficient (Wildman–Crippen LogP) is 0.292. The summed E-state index contributed by atoms with van der Waals surface area (Å²) in [4.78, 5) is 42.8. The molecular formula is C16H18N4O5. The van der Waals surface area contributed by atoms with Crippen LogP contribution in [0.3, 0.4) is 0 Å². The third kappa shape index (κ3) is 6.43. The van der Waals surface area contributed by atoms with Crippen LogP contribution in [-0.4, -0.2) is 40.4 Å². The number of nitrogens with zero attached hydrogens (tertiary/aromatic N) is 1. The standard InChI is InChI=1S/C16H18N4O5/c21-14-8-13(19-16(24)20-14)10-17-5-2-6-25-18-9-11-3-1-4-12(7-11)15(22)23/h1,3-4,7-9,17H,2,5-6,10H2,(H,22,23)(H2,19,20,21,24)/b18-9+. The normalized spacial score (nSPS) is 10.9. The first-order valence-electron chi connectivity index (χ1n) is 7.56. The number of benzene rings is 1. The van der Waals surface area contributed by atoms with E-state index in [0.29, 0.717) is 37.4 Å². The van der Waals surface area contributed by atoms with Gasteiger partial charge in [0, 0.05) is 18.3 Å². The van der Waals surface area contributed by atoms with Crippen molar-refractivity contribution >= 4 is 12.2 Å². The van der Waals surface area contributed by atoms with Gasteiger partial charge in [0.15, 0.2) is 0 Å². The Morgan fingerprint density at radius 3 is 2.88 bits per heavy atom. The number of H-pyrrole nitrogens is 2. The van der Waals surface area contributed by atoms with Crippen LogP contribution in [0.1, 0.15) is 28.0 Å². The molecule has 4 N–H and O–H groups in total. The lowest BCUT2D eigenvalue weighted by atomic mass is 10.1. The third-order valence-corrected chi connectivity index (χ3v) is 3.13. The number of hydrogen-bond donors (Lipinski definition) is 4. The average Bonchev–Trinajstić information content (AvgIpc) is 2.56. The molecule has 1 aromatic carbocycles. The molecule has 0 aliphatic rings. The fourth-order valence-corrected chi connectivity index (χ4v) is 2.00. The Kier molecular flexibility index (Phi) is 6.66. The molecule has 0 saturated heterocycles. The minimum Gasteiger partial charge on any atom is -0.478 e. The number of carboxylic acid groups (broad SMARTS) is 1. The second kappa shape index (κ2) is 9.18. The van der Waals surface area contributed by atoms with Gasteiger partial charge >= 0.3 is 11.7 Å². The maximum Gasteiger partial charge on any atom is 0.335 e. The summed E-state index contributed by atoms with van der Waals surface area (Å²) < 4.78 is 0. The molecule has 0 amide bonds. The molecule has 0 spiro atoms. The summed E-state index contributed by atoms with van der Waals surface area (Å²) >= 11 is 0. The van der Waals surface area contributed by atoms with Crippen LogP contribution in [0.25, 0.3) is 0 Å². The molecule has 0 fully saturated rings. The Balaban J connectivity index is 1.65. The van der Waals surface area contributed by atoms with Crippen molar-refractivity contribution in [3.05, 3.63) is 68.0 Å². The maximum absolute atomic E-state index is 11.1. The Morgan fingerprint density at radius 2 is 2.12 bits per heavy atom. The van der Waals surface area contributed by atoms with Crippen molar-refractivity contribution in [1.82, 2.24) is 15.3 Å². The summed E-state index contributed by atoms with van der Waals surface area (Å²) in [6.45, 7) is 1.34. The van der Waals surface area contributed by atoms with Crippen molar-refractivity contribution in [3.8, 4) is 0 Å². The van der Waals surface area contributed by atoms with Crippen molar-refractivity contribution in [2.24, 2.45) is 5.16 Å². The minimum atomic E-state index is -0.996. The highest BCUT2D eigenvalue weighted by Crippen LogP contribution is 2.03. The second-order valence-corrected chi connectivity index (χ2v) is 5.14. The molecule has 9 nitrogen and oxygen atoms in total. The molecule has 1 aromatic heterocycles. The summed E-state index contributed by atoms with van der Waals surface area (Å²) in [5.41, 5.74) is 0.354. The van der Waals surface area contributed by atoms with Gasteiger partial charge in [-0.3, -0.25) is 9.78 Å². The Bertz CT molecular complexity index is 828. The first-order chi connectivity index (χ1) is 12.0. The summed E-state index contributed by atoms with van der Waals surface area (Å²) in [5.74, 6) is -0.996. The van der Waals surface area contributed by atoms with E-state index in [-0.39, 0.29) is 5.56 Å². The molecule has 132 valence electrons. The van der Waals surface area contributed by atoms with Gasteiger partial charge in [0.1, 0.15) is 6.61 Å². The van der Waals surface area contributed by atoms with Gasteiger partial charge in [0.2, 0.25) is 0 Å². The van der Waals surface area contributed by atoms with E-state index in [4.69, 9.17) is 9.94 Å². The van der Waals surface area contributed by atoms with Gasteiger partial charge in [-0.2, -0.15) is 0 Å². The molecule has 0 atom stereocenters. The Morgan fingerprint density at radius 1 is 1.28 bits per heavy atom. The van der Waals surface area contributed by atoms with E-state index in [0.717, 1.165) is 0 Å². The molecule has 0 radical (unpaired) electrons. The maximum atomic E-state index is 11.1. The SMILES string of the molecule is O=C(O)c1cccc(/C=N/OCCCNCc2cc(=O)[nH]c(=O)[nH]2)c1. The lowest BCUT2D eigenvalue weighted by Gasteiger charge is -2.04. The molecule has 2 aromatic rings. The summed E-state index contributed by atoms with van der Waals surface area (Å²) in [5, 5.41) is 15.7. The van der Waals surface area contributed by atoms with Crippen LogP contribution in [0.5, 0.6) is 0 Å². The fourth-order valence-electron chi connectivity index (χ4n) is 2.00. The summed E-state index contributed by atoms with van der Waals surface area (Å²) in [7, 11) is 0. The Hall–Kier alpha value is -3.20. The smallest absolute Gasteiger partial charge is 0.335 e. The molecule has 0 saturated carbocycles. The molecule has 0 unspecified atom stereocenters. The largest absolute Gasteiger partial charge is 0.478 e. The molecule has 0 aliphatic heterocycles. The number of oxime groups is 1. The van der Waals surface area contributed by atoms with Gasteiger partial charge in [-0.05, 0) is 30.7 Å². The first-order valence-corrected chi connectivity index (χ1v) is 7.56.